The van der Waals surface area contributed by atoms with Gasteiger partial charge in [-0.3, -0.25) is 4.31 Å². The van der Waals surface area contributed by atoms with Crippen LogP contribution >= 0.6 is 0 Å². The van der Waals surface area contributed by atoms with E-state index in [1.54, 1.807) is 12.1 Å². The molecule has 1 aromatic carbocycles. The molecule has 1 aromatic rings. The Labute approximate surface area is 101 Å². The van der Waals surface area contributed by atoms with E-state index in [9.17, 15) is 12.8 Å². The summed E-state index contributed by atoms with van der Waals surface area (Å²) in [6.45, 7) is 5.54. The van der Waals surface area contributed by atoms with Crippen molar-refractivity contribution in [1.29, 1.82) is 0 Å². The second-order valence-electron chi connectivity index (χ2n) is 4.14. The summed E-state index contributed by atoms with van der Waals surface area (Å²) in [5.74, 6) is 0. The van der Waals surface area contributed by atoms with E-state index in [0.29, 0.717) is 0 Å². The van der Waals surface area contributed by atoms with Crippen molar-refractivity contribution in [3.63, 3.8) is 0 Å². The predicted octanol–water partition coefficient (Wildman–Crippen LogP) is 2.24. The maximum atomic E-state index is 13.3. The second-order valence-corrected chi connectivity index (χ2v) is 6.00. The summed E-state index contributed by atoms with van der Waals surface area (Å²) < 4.78 is 38.7. The van der Waals surface area contributed by atoms with Crippen LogP contribution in [0.4, 0.5) is 4.39 Å². The number of nitrogens with zero attached hydrogens (tertiary/aromatic N) is 1. The molecule has 0 aliphatic carbocycles. The van der Waals surface area contributed by atoms with Crippen molar-refractivity contribution in [2.45, 2.75) is 24.4 Å². The van der Waals surface area contributed by atoms with Gasteiger partial charge in [0.2, 0.25) is 0 Å². The molecule has 1 saturated heterocycles. The number of aryl methyl sites for hydroxylation is 1. The standard InChI is InChI=1S/C12H14FNO2S/c1-9-3-5-11(6-4-9)17(15,16)14-8-7-12(13)10(14)2/h3-6,12H,2,7-8H2,1H3. The van der Waals surface area contributed by atoms with Gasteiger partial charge in [0.15, 0.2) is 0 Å². The Kier molecular flexibility index (Phi) is 2.95. The third kappa shape index (κ3) is 2.07. The van der Waals surface area contributed by atoms with Gasteiger partial charge in [-0.25, -0.2) is 12.8 Å². The molecule has 5 heteroatoms. The van der Waals surface area contributed by atoms with Gasteiger partial charge in [0.05, 0.1) is 10.6 Å². The van der Waals surface area contributed by atoms with Crippen LogP contribution in [0.2, 0.25) is 0 Å². The van der Waals surface area contributed by atoms with Crippen LogP contribution in [0.25, 0.3) is 0 Å². The predicted molar refractivity (Wildman–Crippen MR) is 63.7 cm³/mol. The van der Waals surface area contributed by atoms with Gasteiger partial charge < -0.3 is 0 Å². The first-order valence-corrected chi connectivity index (χ1v) is 6.79. The molecule has 1 aliphatic heterocycles. The van der Waals surface area contributed by atoms with Gasteiger partial charge >= 0.3 is 0 Å². The van der Waals surface area contributed by atoms with Crippen molar-refractivity contribution in [3.05, 3.63) is 42.1 Å². The number of alkyl halides is 1. The molecule has 92 valence electrons. The maximum absolute atomic E-state index is 13.3. The average Bonchev–Trinajstić information content (AvgIpc) is 2.61. The number of rotatable bonds is 2. The number of halogens is 1. The summed E-state index contributed by atoms with van der Waals surface area (Å²) in [4.78, 5) is 0.179. The Morgan fingerprint density at radius 2 is 1.94 bits per heavy atom. The van der Waals surface area contributed by atoms with Crippen LogP contribution in [0, 0.1) is 6.92 Å². The second kappa shape index (κ2) is 4.14. The molecule has 17 heavy (non-hydrogen) atoms. The molecule has 1 fully saturated rings. The van der Waals surface area contributed by atoms with Crippen LogP contribution in [0.5, 0.6) is 0 Å². The lowest BCUT2D eigenvalue weighted by molar-refractivity contribution is 0.389. The first-order chi connectivity index (χ1) is 7.93. The molecule has 0 aromatic heterocycles. The molecule has 1 heterocycles. The van der Waals surface area contributed by atoms with Crippen LogP contribution in [0.3, 0.4) is 0 Å². The minimum absolute atomic E-state index is 0.0329. The summed E-state index contributed by atoms with van der Waals surface area (Å²) in [6.07, 6.45) is -1.07. The van der Waals surface area contributed by atoms with Crippen LogP contribution < -0.4 is 0 Å². The van der Waals surface area contributed by atoms with E-state index in [-0.39, 0.29) is 23.6 Å². The summed E-state index contributed by atoms with van der Waals surface area (Å²) in [5, 5.41) is 0. The normalized spacial score (nSPS) is 20.9. The maximum Gasteiger partial charge on any atom is 0.264 e. The molecule has 2 rings (SSSR count). The molecule has 3 nitrogen and oxygen atoms in total. The number of allylic oxidation sites excluding steroid dienone is 1. The molecule has 0 amide bonds. The summed E-state index contributed by atoms with van der Waals surface area (Å²) in [7, 11) is -3.64. The van der Waals surface area contributed by atoms with Crippen LogP contribution in [0.15, 0.2) is 41.4 Å². The molecule has 0 spiro atoms. The fourth-order valence-electron chi connectivity index (χ4n) is 1.81. The molecule has 0 N–H and O–H groups in total. The highest BCUT2D eigenvalue weighted by molar-refractivity contribution is 7.89. The molecule has 0 saturated carbocycles. The van der Waals surface area contributed by atoms with Crippen molar-refractivity contribution in [2.75, 3.05) is 6.54 Å². The van der Waals surface area contributed by atoms with Crippen molar-refractivity contribution in [1.82, 2.24) is 4.31 Å². The SMILES string of the molecule is C=C1C(F)CCN1S(=O)(=O)c1ccc(C)cc1. The lowest BCUT2D eigenvalue weighted by Crippen LogP contribution is -2.27. The topological polar surface area (TPSA) is 37.4 Å². The van der Waals surface area contributed by atoms with Gasteiger partial charge in [-0.15, -0.1) is 0 Å². The zero-order chi connectivity index (χ0) is 12.6. The van der Waals surface area contributed by atoms with Gasteiger partial charge in [-0.1, -0.05) is 24.3 Å². The minimum atomic E-state index is -3.64. The number of sulfonamides is 1. The Balaban J connectivity index is 2.37. The van der Waals surface area contributed by atoms with Crippen LogP contribution in [-0.2, 0) is 10.0 Å². The summed E-state index contributed by atoms with van der Waals surface area (Å²) in [5.41, 5.74) is 1.01. The fourth-order valence-corrected chi connectivity index (χ4v) is 3.31. The van der Waals surface area contributed by atoms with Crippen molar-refractivity contribution < 1.29 is 12.8 Å². The third-order valence-electron chi connectivity index (χ3n) is 2.88. The number of benzene rings is 1. The molecule has 0 radical (unpaired) electrons. The smallest absolute Gasteiger partial charge is 0.264 e. The third-order valence-corrected chi connectivity index (χ3v) is 4.74. The Bertz CT molecular complexity index is 536. The highest BCUT2D eigenvalue weighted by Crippen LogP contribution is 2.29. The summed E-state index contributed by atoms with van der Waals surface area (Å²) in [6, 6.07) is 6.50. The molecular formula is C12H14FNO2S. The van der Waals surface area contributed by atoms with Gasteiger partial charge in [-0.05, 0) is 19.1 Å². The molecule has 1 atom stereocenters. The van der Waals surface area contributed by atoms with E-state index in [1.165, 1.54) is 12.1 Å². The van der Waals surface area contributed by atoms with E-state index in [0.717, 1.165) is 9.87 Å². The molecule has 0 bridgehead atoms. The Morgan fingerprint density at radius 3 is 2.41 bits per heavy atom. The van der Waals surface area contributed by atoms with Crippen molar-refractivity contribution in [2.24, 2.45) is 0 Å². The minimum Gasteiger partial charge on any atom is -0.268 e. The highest BCUT2D eigenvalue weighted by atomic mass is 32.2. The number of hydrogen-bond donors (Lipinski definition) is 0. The van der Waals surface area contributed by atoms with Gasteiger partial charge in [-0.2, -0.15) is 0 Å². The largest absolute Gasteiger partial charge is 0.268 e. The molecule has 1 unspecified atom stereocenters. The zero-order valence-corrected chi connectivity index (χ0v) is 10.4. The Morgan fingerprint density at radius 1 is 1.35 bits per heavy atom. The fraction of sp³-hybridized carbons (Fsp3) is 0.333. The van der Waals surface area contributed by atoms with Gasteiger partial charge in [0.25, 0.3) is 10.0 Å². The van der Waals surface area contributed by atoms with E-state index in [2.05, 4.69) is 6.58 Å². The van der Waals surface area contributed by atoms with Gasteiger partial charge in [0.1, 0.15) is 6.17 Å². The van der Waals surface area contributed by atoms with Crippen LogP contribution in [-0.4, -0.2) is 25.4 Å². The summed E-state index contributed by atoms with van der Waals surface area (Å²) >= 11 is 0. The molecular weight excluding hydrogens is 241 g/mol. The van der Waals surface area contributed by atoms with E-state index < -0.39 is 16.2 Å². The lowest BCUT2D eigenvalue weighted by Gasteiger charge is -2.19. The van der Waals surface area contributed by atoms with E-state index in [4.69, 9.17) is 0 Å². The zero-order valence-electron chi connectivity index (χ0n) is 9.56. The first kappa shape index (κ1) is 12.1. The van der Waals surface area contributed by atoms with Crippen molar-refractivity contribution in [3.8, 4) is 0 Å². The van der Waals surface area contributed by atoms with E-state index >= 15 is 0 Å². The average molecular weight is 255 g/mol. The van der Waals surface area contributed by atoms with Crippen LogP contribution in [0.1, 0.15) is 12.0 Å². The quantitative estimate of drug-likeness (QED) is 0.812. The monoisotopic (exact) mass is 255 g/mol. The highest BCUT2D eigenvalue weighted by Gasteiger charge is 2.35. The Hall–Kier alpha value is -1.36. The number of hydrogen-bond acceptors (Lipinski definition) is 2. The molecule has 1 aliphatic rings. The lowest BCUT2D eigenvalue weighted by atomic mass is 10.2. The van der Waals surface area contributed by atoms with Crippen molar-refractivity contribution >= 4 is 10.0 Å². The first-order valence-electron chi connectivity index (χ1n) is 5.35. The van der Waals surface area contributed by atoms with E-state index in [1.807, 2.05) is 6.92 Å². The van der Waals surface area contributed by atoms with Gasteiger partial charge in [0, 0.05) is 13.0 Å².